The van der Waals surface area contributed by atoms with E-state index in [-0.39, 0.29) is 6.03 Å². The van der Waals surface area contributed by atoms with Gasteiger partial charge in [-0.1, -0.05) is 12.8 Å². The van der Waals surface area contributed by atoms with E-state index < -0.39 is 6.10 Å². The Hall–Kier alpha value is -1.49. The number of aliphatic hydroxyl groups excluding tert-OH is 1. The van der Waals surface area contributed by atoms with Gasteiger partial charge >= 0.3 is 6.03 Å². The second-order valence-electron chi connectivity index (χ2n) is 4.74. The number of amides is 2. The molecule has 5 heteroatoms. The summed E-state index contributed by atoms with van der Waals surface area (Å²) in [5, 5.41) is 15.5. The number of urea groups is 1. The smallest absolute Gasteiger partial charge is 0.315 e. The van der Waals surface area contributed by atoms with E-state index in [1.807, 2.05) is 0 Å². The SMILES string of the molecule is O=C(NCC[C@@H](O)c1ccoc1)NC1CCCC1. The zero-order valence-electron chi connectivity index (χ0n) is 10.4. The normalized spacial score (nSPS) is 17.6. The van der Waals surface area contributed by atoms with Crippen molar-refractivity contribution in [2.45, 2.75) is 44.2 Å². The highest BCUT2D eigenvalue weighted by Crippen LogP contribution is 2.17. The summed E-state index contributed by atoms with van der Waals surface area (Å²) in [4.78, 5) is 11.5. The Balaban J connectivity index is 1.61. The molecule has 3 N–H and O–H groups in total. The van der Waals surface area contributed by atoms with E-state index in [1.165, 1.54) is 25.4 Å². The minimum absolute atomic E-state index is 0.138. The number of furan rings is 1. The van der Waals surface area contributed by atoms with Gasteiger partial charge in [0, 0.05) is 18.2 Å². The molecule has 0 spiro atoms. The van der Waals surface area contributed by atoms with Crippen molar-refractivity contribution in [1.29, 1.82) is 0 Å². The number of carbonyl (C=O) groups excluding carboxylic acids is 1. The van der Waals surface area contributed by atoms with Crippen LogP contribution in [0.4, 0.5) is 4.79 Å². The van der Waals surface area contributed by atoms with Crippen molar-refractivity contribution in [2.75, 3.05) is 6.54 Å². The summed E-state index contributed by atoms with van der Waals surface area (Å²) in [6.07, 6.45) is 7.49. The molecule has 1 fully saturated rings. The summed E-state index contributed by atoms with van der Waals surface area (Å²) < 4.78 is 4.89. The van der Waals surface area contributed by atoms with Crippen LogP contribution in [-0.2, 0) is 0 Å². The summed E-state index contributed by atoms with van der Waals surface area (Å²) in [5.74, 6) is 0. The minimum atomic E-state index is -0.587. The van der Waals surface area contributed by atoms with Crippen LogP contribution in [0.3, 0.4) is 0 Å². The van der Waals surface area contributed by atoms with Gasteiger partial charge in [-0.15, -0.1) is 0 Å². The van der Waals surface area contributed by atoms with Gasteiger partial charge in [0.05, 0.1) is 18.6 Å². The van der Waals surface area contributed by atoms with Gasteiger partial charge in [0.1, 0.15) is 0 Å². The molecule has 1 saturated carbocycles. The monoisotopic (exact) mass is 252 g/mol. The maximum Gasteiger partial charge on any atom is 0.315 e. The molecule has 18 heavy (non-hydrogen) atoms. The van der Waals surface area contributed by atoms with Crippen molar-refractivity contribution in [3.63, 3.8) is 0 Å². The van der Waals surface area contributed by atoms with Crippen LogP contribution in [-0.4, -0.2) is 23.7 Å². The molecular formula is C13H20N2O3. The fourth-order valence-corrected chi connectivity index (χ4v) is 2.26. The van der Waals surface area contributed by atoms with Gasteiger partial charge in [0.25, 0.3) is 0 Å². The first-order chi connectivity index (χ1) is 8.75. The Morgan fingerprint density at radius 1 is 1.50 bits per heavy atom. The number of aliphatic hydroxyl groups is 1. The first-order valence-electron chi connectivity index (χ1n) is 6.50. The van der Waals surface area contributed by atoms with Crippen molar-refractivity contribution in [1.82, 2.24) is 10.6 Å². The van der Waals surface area contributed by atoms with Crippen molar-refractivity contribution in [3.8, 4) is 0 Å². The molecule has 1 atom stereocenters. The van der Waals surface area contributed by atoms with Crippen LogP contribution in [0.25, 0.3) is 0 Å². The van der Waals surface area contributed by atoms with Gasteiger partial charge < -0.3 is 20.2 Å². The number of rotatable bonds is 5. The largest absolute Gasteiger partial charge is 0.472 e. The molecule has 1 aromatic rings. The van der Waals surface area contributed by atoms with Gasteiger partial charge in [-0.25, -0.2) is 4.79 Å². The number of nitrogens with one attached hydrogen (secondary N) is 2. The fraction of sp³-hybridized carbons (Fsp3) is 0.615. The lowest BCUT2D eigenvalue weighted by Gasteiger charge is -2.14. The molecule has 2 amide bonds. The maximum atomic E-state index is 11.5. The molecule has 0 aromatic carbocycles. The average Bonchev–Trinajstić information content (AvgIpc) is 3.00. The molecule has 2 rings (SSSR count). The number of hydrogen-bond donors (Lipinski definition) is 3. The average molecular weight is 252 g/mol. The van der Waals surface area contributed by atoms with E-state index in [0.717, 1.165) is 18.4 Å². The molecule has 1 heterocycles. The van der Waals surface area contributed by atoms with Gasteiger partial charge in [0.15, 0.2) is 0 Å². The van der Waals surface area contributed by atoms with Gasteiger partial charge in [-0.2, -0.15) is 0 Å². The lowest BCUT2D eigenvalue weighted by atomic mass is 10.1. The Kier molecular flexibility index (Phi) is 4.64. The predicted molar refractivity (Wildman–Crippen MR) is 67.1 cm³/mol. The molecule has 0 saturated heterocycles. The zero-order valence-corrected chi connectivity index (χ0v) is 10.4. The topological polar surface area (TPSA) is 74.5 Å². The van der Waals surface area contributed by atoms with E-state index >= 15 is 0 Å². The molecule has 100 valence electrons. The molecule has 1 aliphatic carbocycles. The second kappa shape index (κ2) is 6.44. The van der Waals surface area contributed by atoms with Crippen LogP contribution in [0.5, 0.6) is 0 Å². The van der Waals surface area contributed by atoms with E-state index in [0.29, 0.717) is 19.0 Å². The van der Waals surface area contributed by atoms with E-state index in [1.54, 1.807) is 6.07 Å². The van der Waals surface area contributed by atoms with E-state index in [2.05, 4.69) is 10.6 Å². The molecule has 0 radical (unpaired) electrons. The standard InChI is InChI=1S/C13H20N2O3/c16-12(10-6-8-18-9-10)5-7-14-13(17)15-11-3-1-2-4-11/h6,8-9,11-12,16H,1-5,7H2,(H2,14,15,17)/t12-/m1/s1. The van der Waals surface area contributed by atoms with Crippen LogP contribution < -0.4 is 10.6 Å². The Morgan fingerprint density at radius 2 is 2.28 bits per heavy atom. The summed E-state index contributed by atoms with van der Waals surface area (Å²) in [5.41, 5.74) is 0.744. The Morgan fingerprint density at radius 3 is 2.94 bits per heavy atom. The van der Waals surface area contributed by atoms with Crippen molar-refractivity contribution in [3.05, 3.63) is 24.2 Å². The first-order valence-corrected chi connectivity index (χ1v) is 6.50. The van der Waals surface area contributed by atoms with Gasteiger partial charge in [-0.05, 0) is 25.3 Å². The lowest BCUT2D eigenvalue weighted by molar-refractivity contribution is 0.166. The van der Waals surface area contributed by atoms with Crippen LogP contribution in [0.2, 0.25) is 0 Å². The molecule has 1 aromatic heterocycles. The van der Waals surface area contributed by atoms with E-state index in [9.17, 15) is 9.90 Å². The quantitative estimate of drug-likeness (QED) is 0.749. The summed E-state index contributed by atoms with van der Waals surface area (Å²) >= 11 is 0. The summed E-state index contributed by atoms with van der Waals surface area (Å²) in [6.45, 7) is 0.449. The third-order valence-electron chi connectivity index (χ3n) is 3.32. The van der Waals surface area contributed by atoms with Crippen molar-refractivity contribution in [2.24, 2.45) is 0 Å². The molecule has 1 aliphatic rings. The number of hydrogen-bond acceptors (Lipinski definition) is 3. The molecule has 0 unspecified atom stereocenters. The summed E-state index contributed by atoms with van der Waals surface area (Å²) in [7, 11) is 0. The van der Waals surface area contributed by atoms with Crippen molar-refractivity contribution >= 4 is 6.03 Å². The third-order valence-corrected chi connectivity index (χ3v) is 3.32. The molecular weight excluding hydrogens is 232 g/mol. The molecule has 5 nitrogen and oxygen atoms in total. The van der Waals surface area contributed by atoms with Crippen LogP contribution in [0, 0.1) is 0 Å². The Bertz CT molecular complexity index is 358. The zero-order chi connectivity index (χ0) is 12.8. The van der Waals surface area contributed by atoms with E-state index in [4.69, 9.17) is 4.42 Å². The van der Waals surface area contributed by atoms with Gasteiger partial charge in [-0.3, -0.25) is 0 Å². The van der Waals surface area contributed by atoms with Crippen LogP contribution >= 0.6 is 0 Å². The molecule has 0 bridgehead atoms. The highest BCUT2D eigenvalue weighted by atomic mass is 16.3. The maximum absolute atomic E-state index is 11.5. The van der Waals surface area contributed by atoms with Crippen LogP contribution in [0.1, 0.15) is 43.8 Å². The van der Waals surface area contributed by atoms with Gasteiger partial charge in [0.2, 0.25) is 0 Å². The number of carbonyl (C=O) groups is 1. The van der Waals surface area contributed by atoms with Crippen molar-refractivity contribution < 1.29 is 14.3 Å². The third kappa shape index (κ3) is 3.77. The first kappa shape index (κ1) is 13.0. The predicted octanol–water partition coefficient (Wildman–Crippen LogP) is 1.94. The second-order valence-corrected chi connectivity index (χ2v) is 4.74. The van der Waals surface area contributed by atoms with Crippen LogP contribution in [0.15, 0.2) is 23.0 Å². The summed E-state index contributed by atoms with van der Waals surface area (Å²) in [6, 6.07) is 1.91. The highest BCUT2D eigenvalue weighted by molar-refractivity contribution is 5.74. The highest BCUT2D eigenvalue weighted by Gasteiger charge is 2.17. The fourth-order valence-electron chi connectivity index (χ4n) is 2.26. The Labute approximate surface area is 107 Å². The molecule has 0 aliphatic heterocycles. The lowest BCUT2D eigenvalue weighted by Crippen LogP contribution is -2.41. The minimum Gasteiger partial charge on any atom is -0.472 e.